The molecule has 1 aliphatic heterocycles. The average Bonchev–Trinajstić information content (AvgIpc) is 3.07. The summed E-state index contributed by atoms with van der Waals surface area (Å²) in [5.74, 6) is 0.434. The van der Waals surface area contributed by atoms with Crippen LogP contribution in [-0.4, -0.2) is 30.0 Å². The SMILES string of the molecule is Cc1nc(-c2ccc(Cl)s2)sc1C(=O)NC1CCNCC1C. The van der Waals surface area contributed by atoms with Gasteiger partial charge in [-0.05, 0) is 44.5 Å². The number of piperidine rings is 1. The van der Waals surface area contributed by atoms with Crippen molar-refractivity contribution in [1.82, 2.24) is 15.6 Å². The molecule has 118 valence electrons. The highest BCUT2D eigenvalue weighted by molar-refractivity contribution is 7.24. The number of thiazole rings is 1. The Kier molecular flexibility index (Phi) is 4.82. The summed E-state index contributed by atoms with van der Waals surface area (Å²) in [6.45, 7) is 5.95. The van der Waals surface area contributed by atoms with Gasteiger partial charge in [-0.15, -0.1) is 22.7 Å². The van der Waals surface area contributed by atoms with Crippen LogP contribution in [0.3, 0.4) is 0 Å². The summed E-state index contributed by atoms with van der Waals surface area (Å²) in [6, 6.07) is 4.03. The molecule has 1 amide bonds. The molecule has 2 aromatic heterocycles. The van der Waals surface area contributed by atoms with E-state index in [9.17, 15) is 4.79 Å². The van der Waals surface area contributed by atoms with Gasteiger partial charge >= 0.3 is 0 Å². The second kappa shape index (κ2) is 6.66. The first-order valence-electron chi connectivity index (χ1n) is 7.29. The molecular formula is C15H18ClN3OS2. The monoisotopic (exact) mass is 355 g/mol. The minimum Gasteiger partial charge on any atom is -0.348 e. The normalized spacial score (nSPS) is 21.8. The van der Waals surface area contributed by atoms with Crippen molar-refractivity contribution in [2.24, 2.45) is 5.92 Å². The van der Waals surface area contributed by atoms with E-state index in [1.54, 1.807) is 0 Å². The van der Waals surface area contributed by atoms with Crippen LogP contribution in [0.15, 0.2) is 12.1 Å². The molecule has 0 saturated carbocycles. The molecule has 3 rings (SSSR count). The van der Waals surface area contributed by atoms with E-state index in [0.29, 0.717) is 10.8 Å². The smallest absolute Gasteiger partial charge is 0.263 e. The lowest BCUT2D eigenvalue weighted by Gasteiger charge is -2.30. The van der Waals surface area contributed by atoms with Gasteiger partial charge in [-0.2, -0.15) is 0 Å². The number of halogens is 1. The Morgan fingerprint density at radius 3 is 2.95 bits per heavy atom. The van der Waals surface area contributed by atoms with Gasteiger partial charge in [0.2, 0.25) is 0 Å². The number of aryl methyl sites for hydroxylation is 1. The molecule has 0 radical (unpaired) electrons. The highest BCUT2D eigenvalue weighted by Gasteiger charge is 2.25. The Balaban J connectivity index is 1.76. The van der Waals surface area contributed by atoms with Crippen LogP contribution in [0.5, 0.6) is 0 Å². The highest BCUT2D eigenvalue weighted by atomic mass is 35.5. The lowest BCUT2D eigenvalue weighted by molar-refractivity contribution is 0.0917. The summed E-state index contributed by atoms with van der Waals surface area (Å²) in [5, 5.41) is 7.37. The number of carbonyl (C=O) groups excluding carboxylic acids is 1. The molecule has 0 aromatic carbocycles. The number of nitrogens with one attached hydrogen (secondary N) is 2. The number of carbonyl (C=O) groups is 1. The van der Waals surface area contributed by atoms with Gasteiger partial charge in [0.25, 0.3) is 5.91 Å². The molecule has 2 unspecified atom stereocenters. The van der Waals surface area contributed by atoms with E-state index in [4.69, 9.17) is 11.6 Å². The molecule has 3 heterocycles. The Morgan fingerprint density at radius 1 is 1.45 bits per heavy atom. The van der Waals surface area contributed by atoms with Gasteiger partial charge in [0.1, 0.15) is 9.88 Å². The quantitative estimate of drug-likeness (QED) is 0.885. The molecule has 0 bridgehead atoms. The van der Waals surface area contributed by atoms with Crippen LogP contribution in [0.25, 0.3) is 9.88 Å². The van der Waals surface area contributed by atoms with Crippen molar-refractivity contribution in [3.8, 4) is 9.88 Å². The first-order chi connectivity index (χ1) is 10.5. The van der Waals surface area contributed by atoms with Gasteiger partial charge in [0.05, 0.1) is 14.9 Å². The third kappa shape index (κ3) is 3.35. The number of amides is 1. The van der Waals surface area contributed by atoms with Crippen molar-refractivity contribution in [2.75, 3.05) is 13.1 Å². The lowest BCUT2D eigenvalue weighted by atomic mass is 9.95. The molecule has 1 saturated heterocycles. The lowest BCUT2D eigenvalue weighted by Crippen LogP contribution is -2.48. The third-order valence-electron chi connectivity index (χ3n) is 3.89. The maximum absolute atomic E-state index is 12.5. The van der Waals surface area contributed by atoms with E-state index in [0.717, 1.165) is 39.4 Å². The molecule has 4 nitrogen and oxygen atoms in total. The summed E-state index contributed by atoms with van der Waals surface area (Å²) < 4.78 is 0.734. The average molecular weight is 356 g/mol. The van der Waals surface area contributed by atoms with Crippen molar-refractivity contribution >= 4 is 40.2 Å². The first kappa shape index (κ1) is 15.9. The number of nitrogens with zero attached hydrogens (tertiary/aromatic N) is 1. The summed E-state index contributed by atoms with van der Waals surface area (Å²) in [7, 11) is 0. The van der Waals surface area contributed by atoms with Gasteiger partial charge < -0.3 is 10.6 Å². The molecule has 2 aromatic rings. The van der Waals surface area contributed by atoms with Crippen molar-refractivity contribution in [1.29, 1.82) is 0 Å². The zero-order chi connectivity index (χ0) is 15.7. The maximum atomic E-state index is 12.5. The van der Waals surface area contributed by atoms with E-state index in [1.807, 2.05) is 19.1 Å². The predicted octanol–water partition coefficient (Wildman–Crippen LogP) is 3.56. The molecule has 0 spiro atoms. The number of thiophene rings is 1. The molecule has 22 heavy (non-hydrogen) atoms. The largest absolute Gasteiger partial charge is 0.348 e. The van der Waals surface area contributed by atoms with Crippen LogP contribution in [0.1, 0.15) is 28.7 Å². The zero-order valence-corrected chi connectivity index (χ0v) is 14.9. The van der Waals surface area contributed by atoms with Crippen molar-refractivity contribution in [2.45, 2.75) is 26.3 Å². The Labute approximate surface area is 142 Å². The van der Waals surface area contributed by atoms with E-state index in [1.165, 1.54) is 22.7 Å². The first-order valence-corrected chi connectivity index (χ1v) is 9.30. The standard InChI is InChI=1S/C15H18ClN3OS2/c1-8-7-17-6-5-10(8)19-14(20)13-9(2)18-15(22-13)11-3-4-12(16)21-11/h3-4,8,10,17H,5-7H2,1-2H3,(H,19,20). The molecule has 0 aliphatic carbocycles. The fourth-order valence-electron chi connectivity index (χ4n) is 2.60. The molecule has 1 fully saturated rings. The number of hydrogen-bond acceptors (Lipinski definition) is 5. The summed E-state index contributed by atoms with van der Waals surface area (Å²) in [4.78, 5) is 18.8. The molecule has 1 aliphatic rings. The van der Waals surface area contributed by atoms with Crippen molar-refractivity contribution < 1.29 is 4.79 Å². The zero-order valence-electron chi connectivity index (χ0n) is 12.5. The van der Waals surface area contributed by atoms with Crippen molar-refractivity contribution in [3.63, 3.8) is 0 Å². The number of rotatable bonds is 3. The second-order valence-corrected chi connectivity index (χ2v) is 8.30. The molecule has 7 heteroatoms. The summed E-state index contributed by atoms with van der Waals surface area (Å²) in [5.41, 5.74) is 0.781. The number of hydrogen-bond donors (Lipinski definition) is 2. The van der Waals surface area contributed by atoms with Crippen LogP contribution in [0.4, 0.5) is 0 Å². The highest BCUT2D eigenvalue weighted by Crippen LogP contribution is 2.35. The van der Waals surface area contributed by atoms with Crippen LogP contribution < -0.4 is 10.6 Å². The van der Waals surface area contributed by atoms with Gasteiger partial charge in [-0.1, -0.05) is 18.5 Å². The molecular weight excluding hydrogens is 338 g/mol. The van der Waals surface area contributed by atoms with Crippen LogP contribution in [-0.2, 0) is 0 Å². The van der Waals surface area contributed by atoms with Crippen molar-refractivity contribution in [3.05, 3.63) is 27.0 Å². The van der Waals surface area contributed by atoms with Crippen LogP contribution >= 0.6 is 34.3 Å². The van der Waals surface area contributed by atoms with E-state index in [2.05, 4.69) is 22.5 Å². The van der Waals surface area contributed by atoms with Crippen LogP contribution in [0, 0.1) is 12.8 Å². The minimum absolute atomic E-state index is 0.0114. The summed E-state index contributed by atoms with van der Waals surface area (Å²) in [6.07, 6.45) is 0.970. The van der Waals surface area contributed by atoms with Gasteiger partial charge in [-0.3, -0.25) is 4.79 Å². The Hall–Kier alpha value is -0.950. The van der Waals surface area contributed by atoms with E-state index >= 15 is 0 Å². The van der Waals surface area contributed by atoms with Gasteiger partial charge in [-0.25, -0.2) is 4.98 Å². The maximum Gasteiger partial charge on any atom is 0.263 e. The fraction of sp³-hybridized carbons (Fsp3) is 0.467. The topological polar surface area (TPSA) is 54.0 Å². The minimum atomic E-state index is -0.0114. The molecule has 2 N–H and O–H groups in total. The van der Waals surface area contributed by atoms with E-state index in [-0.39, 0.29) is 11.9 Å². The second-order valence-electron chi connectivity index (χ2n) is 5.59. The van der Waals surface area contributed by atoms with Gasteiger partial charge in [0, 0.05) is 6.04 Å². The fourth-order valence-corrected chi connectivity index (χ4v) is 4.67. The molecule has 2 atom stereocenters. The van der Waals surface area contributed by atoms with E-state index < -0.39 is 0 Å². The number of aromatic nitrogens is 1. The summed E-state index contributed by atoms with van der Waals surface area (Å²) >= 11 is 8.90. The third-order valence-corrected chi connectivity index (χ3v) is 6.45. The Morgan fingerprint density at radius 2 is 2.27 bits per heavy atom. The van der Waals surface area contributed by atoms with Crippen LogP contribution in [0.2, 0.25) is 4.34 Å². The predicted molar refractivity (Wildman–Crippen MR) is 93.1 cm³/mol. The Bertz CT molecular complexity index is 682. The van der Waals surface area contributed by atoms with Gasteiger partial charge in [0.15, 0.2) is 0 Å².